The van der Waals surface area contributed by atoms with Crippen molar-refractivity contribution < 1.29 is 17.9 Å². The Kier molecular flexibility index (Phi) is 7.13. The number of halogens is 1. The summed E-state index contributed by atoms with van der Waals surface area (Å²) in [5.74, 6) is 2.79. The van der Waals surface area contributed by atoms with E-state index in [2.05, 4.69) is 39.0 Å². The molecule has 2 saturated heterocycles. The number of anilines is 4. The second-order valence-corrected chi connectivity index (χ2v) is 13.6. The quantitative estimate of drug-likeness (QED) is 0.446. The lowest BCUT2D eigenvalue weighted by molar-refractivity contribution is -0.00860. The molecule has 3 aromatic heterocycles. The van der Waals surface area contributed by atoms with Gasteiger partial charge < -0.3 is 20.2 Å². The smallest absolute Gasteiger partial charge is 0.227 e. The number of aliphatic hydroxyl groups excluding tert-OH is 1. The van der Waals surface area contributed by atoms with Crippen LogP contribution in [0.5, 0.6) is 0 Å². The van der Waals surface area contributed by atoms with Gasteiger partial charge in [0.15, 0.2) is 5.67 Å². The van der Waals surface area contributed by atoms with Gasteiger partial charge in [0.05, 0.1) is 18.4 Å². The molecule has 12 heteroatoms. The molecule has 0 radical (unpaired) electrons. The van der Waals surface area contributed by atoms with Gasteiger partial charge in [-0.05, 0) is 49.3 Å². The Hall–Kier alpha value is -3.12. The van der Waals surface area contributed by atoms with E-state index in [0.29, 0.717) is 37.1 Å². The maximum Gasteiger partial charge on any atom is 0.227 e. The van der Waals surface area contributed by atoms with Crippen molar-refractivity contribution >= 4 is 44.0 Å². The zero-order chi connectivity index (χ0) is 28.1. The Morgan fingerprint density at radius 2 is 1.97 bits per heavy atom. The average molecular weight is 558 g/mol. The molecule has 2 aliphatic heterocycles. The lowest BCUT2D eigenvalue weighted by atomic mass is 9.90. The van der Waals surface area contributed by atoms with Crippen LogP contribution in [0.15, 0.2) is 30.7 Å². The zero-order valence-corrected chi connectivity index (χ0v) is 23.8. The minimum absolute atomic E-state index is 0.0132. The van der Waals surface area contributed by atoms with Gasteiger partial charge in [0.2, 0.25) is 5.95 Å². The van der Waals surface area contributed by atoms with E-state index in [-0.39, 0.29) is 30.2 Å². The fourth-order valence-corrected chi connectivity index (χ4v) is 6.62. The van der Waals surface area contributed by atoms with E-state index in [1.54, 1.807) is 23.4 Å². The van der Waals surface area contributed by atoms with Crippen LogP contribution in [0.1, 0.15) is 45.6 Å². The number of alkyl halides is 1. The summed E-state index contributed by atoms with van der Waals surface area (Å²) in [6.07, 6.45) is 5.89. The van der Waals surface area contributed by atoms with E-state index in [4.69, 9.17) is 4.98 Å². The number of hydrogen-bond acceptors (Lipinski definition) is 10. The lowest BCUT2D eigenvalue weighted by Crippen LogP contribution is -2.57. The number of fused-ring (bicyclic) bond motifs is 1. The van der Waals surface area contributed by atoms with Gasteiger partial charge in [-0.3, -0.25) is 0 Å². The van der Waals surface area contributed by atoms with E-state index in [0.717, 1.165) is 22.2 Å². The number of rotatable bonds is 7. The van der Waals surface area contributed by atoms with Gasteiger partial charge in [-0.15, -0.1) is 0 Å². The monoisotopic (exact) mass is 557 g/mol. The van der Waals surface area contributed by atoms with Crippen molar-refractivity contribution in [3.63, 3.8) is 0 Å². The highest BCUT2D eigenvalue weighted by molar-refractivity contribution is 7.90. The van der Waals surface area contributed by atoms with Gasteiger partial charge in [-0.2, -0.15) is 4.98 Å². The fourth-order valence-electron chi connectivity index (χ4n) is 5.46. The van der Waals surface area contributed by atoms with Gasteiger partial charge in [0, 0.05) is 55.3 Å². The molecule has 2 fully saturated rings. The van der Waals surface area contributed by atoms with E-state index in [1.807, 2.05) is 19.2 Å². The number of pyridine rings is 2. The van der Waals surface area contributed by atoms with Crippen LogP contribution in [0.3, 0.4) is 0 Å². The Morgan fingerprint density at radius 1 is 1.21 bits per heavy atom. The summed E-state index contributed by atoms with van der Waals surface area (Å²) in [6.45, 7) is 8.77. The van der Waals surface area contributed by atoms with Crippen LogP contribution < -0.4 is 15.1 Å². The van der Waals surface area contributed by atoms with Gasteiger partial charge in [-0.1, -0.05) is 13.8 Å². The molecular weight excluding hydrogens is 521 g/mol. The molecule has 0 saturated carbocycles. The van der Waals surface area contributed by atoms with Crippen molar-refractivity contribution in [3.8, 4) is 0 Å². The molecule has 0 bridgehead atoms. The van der Waals surface area contributed by atoms with Crippen molar-refractivity contribution in [2.45, 2.75) is 57.8 Å². The number of piperidine rings is 1. The molecule has 210 valence electrons. The lowest BCUT2D eigenvalue weighted by Gasteiger charge is -2.47. The normalized spacial score (nSPS) is 25.7. The molecule has 0 unspecified atom stereocenters. The van der Waals surface area contributed by atoms with Crippen molar-refractivity contribution in [2.75, 3.05) is 46.8 Å². The molecule has 10 nitrogen and oxygen atoms in total. The van der Waals surface area contributed by atoms with E-state index in [1.165, 1.54) is 13.2 Å². The molecule has 39 heavy (non-hydrogen) atoms. The Morgan fingerprint density at radius 3 is 2.64 bits per heavy atom. The molecule has 3 aromatic rings. The summed E-state index contributed by atoms with van der Waals surface area (Å²) in [4.78, 5) is 22.2. The molecule has 0 aliphatic carbocycles. The van der Waals surface area contributed by atoms with Crippen LogP contribution in [-0.4, -0.2) is 82.9 Å². The van der Waals surface area contributed by atoms with Crippen LogP contribution >= 0.6 is 0 Å². The summed E-state index contributed by atoms with van der Waals surface area (Å²) in [5, 5.41) is 15.1. The summed E-state index contributed by atoms with van der Waals surface area (Å²) < 4.78 is 38.3. The third kappa shape index (κ3) is 5.62. The summed E-state index contributed by atoms with van der Waals surface area (Å²) >= 11 is 0. The highest BCUT2D eigenvalue weighted by Gasteiger charge is 2.40. The molecule has 4 atom stereocenters. The highest BCUT2D eigenvalue weighted by Crippen LogP contribution is 2.38. The fraction of sp³-hybridized carbons (Fsp3) is 0.556. The van der Waals surface area contributed by atoms with Gasteiger partial charge >= 0.3 is 0 Å². The highest BCUT2D eigenvalue weighted by atomic mass is 32.2. The molecule has 5 heterocycles. The number of aliphatic hydroxyl groups is 1. The van der Waals surface area contributed by atoms with Gasteiger partial charge in [-0.25, -0.2) is 27.8 Å². The van der Waals surface area contributed by atoms with Crippen molar-refractivity contribution in [3.05, 3.63) is 36.3 Å². The van der Waals surface area contributed by atoms with E-state index in [9.17, 15) is 17.9 Å². The topological polar surface area (TPSA) is 124 Å². The van der Waals surface area contributed by atoms with Gasteiger partial charge in [0.1, 0.15) is 27.3 Å². The first kappa shape index (κ1) is 27.4. The second kappa shape index (κ2) is 10.1. The standard InChI is InChI=1S/C27H36FN7O3S/c1-16(2)20-11-31-25(35-13-18(17(35)3)14-39(5,37)38)21-12-30-24(10-19(20)21)32-23-6-8-29-26(33-23)34-9-7-22(36)27(4,28)15-34/h6,8,10-12,16-18,22,36H,7,9,13-15H2,1-5H3,(H,29,30,32,33)/t17-,18-,22-,27-/m0/s1. The molecule has 0 spiro atoms. The van der Waals surface area contributed by atoms with Gasteiger partial charge in [0.25, 0.3) is 0 Å². The van der Waals surface area contributed by atoms with E-state index < -0.39 is 21.6 Å². The number of aromatic nitrogens is 4. The Labute approximate surface area is 228 Å². The maximum atomic E-state index is 14.7. The number of sulfone groups is 1. The molecule has 2 N–H and O–H groups in total. The number of hydrogen-bond donors (Lipinski definition) is 2. The Bertz CT molecular complexity index is 1480. The minimum Gasteiger partial charge on any atom is -0.390 e. The van der Waals surface area contributed by atoms with Crippen LogP contribution in [0.2, 0.25) is 0 Å². The summed E-state index contributed by atoms with van der Waals surface area (Å²) in [6, 6.07) is 3.76. The average Bonchev–Trinajstić information content (AvgIpc) is 2.86. The van der Waals surface area contributed by atoms with E-state index >= 15 is 0 Å². The summed E-state index contributed by atoms with van der Waals surface area (Å²) in [7, 11) is -3.05. The van der Waals surface area contributed by atoms with Crippen LogP contribution in [0.25, 0.3) is 10.8 Å². The first-order valence-electron chi connectivity index (χ1n) is 13.3. The first-order chi connectivity index (χ1) is 18.3. The third-order valence-corrected chi connectivity index (χ3v) is 8.88. The van der Waals surface area contributed by atoms with Crippen LogP contribution in [0, 0.1) is 5.92 Å². The largest absolute Gasteiger partial charge is 0.390 e. The SMILES string of the molecule is CC(C)c1cnc(N2C[C@@H](CS(C)(=O)=O)[C@@H]2C)c2cnc(Nc3ccnc(N4CC[C@H](O)[C@@](C)(F)C4)n3)cc12. The van der Waals surface area contributed by atoms with Crippen molar-refractivity contribution in [1.29, 1.82) is 0 Å². The molecule has 0 aromatic carbocycles. The summed E-state index contributed by atoms with van der Waals surface area (Å²) in [5.41, 5.74) is -0.652. The molecule has 0 amide bonds. The second-order valence-electron chi connectivity index (χ2n) is 11.4. The number of nitrogens with zero attached hydrogens (tertiary/aromatic N) is 6. The Balaban J connectivity index is 1.41. The zero-order valence-electron chi connectivity index (χ0n) is 23.0. The van der Waals surface area contributed by atoms with Crippen LogP contribution in [0.4, 0.5) is 27.8 Å². The van der Waals surface area contributed by atoms with Crippen molar-refractivity contribution in [2.24, 2.45) is 5.92 Å². The predicted octanol–water partition coefficient (Wildman–Crippen LogP) is 3.46. The maximum absolute atomic E-state index is 14.7. The molecule has 5 rings (SSSR count). The number of nitrogens with one attached hydrogen (secondary N) is 1. The minimum atomic E-state index is -3.05. The first-order valence-corrected chi connectivity index (χ1v) is 15.3. The molecule has 2 aliphatic rings. The third-order valence-electron chi connectivity index (χ3n) is 7.85. The van der Waals surface area contributed by atoms with Crippen molar-refractivity contribution in [1.82, 2.24) is 19.9 Å². The predicted molar refractivity (Wildman–Crippen MR) is 151 cm³/mol. The van der Waals surface area contributed by atoms with Crippen LogP contribution in [-0.2, 0) is 9.84 Å². The molecular formula is C27H36FN7O3S.